The van der Waals surface area contributed by atoms with E-state index >= 15 is 0 Å². The minimum Gasteiger partial charge on any atom is -0.445 e. The van der Waals surface area contributed by atoms with Crippen LogP contribution in [0.2, 0.25) is 0 Å². The van der Waals surface area contributed by atoms with Gasteiger partial charge in [-0.1, -0.05) is 38.1 Å². The topological polar surface area (TPSA) is 61.8 Å². The molecule has 148 valence electrons. The fourth-order valence-corrected chi connectivity index (χ4v) is 2.88. The Balaban J connectivity index is 1.93. The first-order valence-corrected chi connectivity index (χ1v) is 9.00. The minimum atomic E-state index is -0.628. The predicted octanol–water partition coefficient (Wildman–Crippen LogP) is 3.34. The number of amides is 1. The fourth-order valence-electron chi connectivity index (χ4n) is 2.88. The quantitative estimate of drug-likeness (QED) is 0.797. The van der Waals surface area contributed by atoms with Gasteiger partial charge in [0.05, 0.1) is 31.1 Å². The summed E-state index contributed by atoms with van der Waals surface area (Å²) in [6.45, 7) is 3.57. The molecule has 1 aliphatic rings. The van der Waals surface area contributed by atoms with Crippen molar-refractivity contribution >= 4 is 11.6 Å². The summed E-state index contributed by atoms with van der Waals surface area (Å²) >= 11 is 0. The van der Waals surface area contributed by atoms with Gasteiger partial charge in [0.1, 0.15) is 5.82 Å². The summed E-state index contributed by atoms with van der Waals surface area (Å²) in [5, 5.41) is 12.1. The number of nitrogens with zero attached hydrogens (tertiary/aromatic N) is 1. The van der Waals surface area contributed by atoms with Gasteiger partial charge in [0.2, 0.25) is 5.76 Å². The van der Waals surface area contributed by atoms with Gasteiger partial charge in [-0.05, 0) is 24.1 Å². The molecule has 0 radical (unpaired) electrons. The van der Waals surface area contributed by atoms with Crippen LogP contribution in [0.3, 0.4) is 0 Å². The number of aliphatic hydroxyl groups excluding tert-OH is 1. The molecule has 1 unspecified atom stereocenters. The average Bonchev–Trinajstić information content (AvgIpc) is 2.68. The number of para-hydroxylation sites is 1. The molecule has 5 nitrogen and oxygen atoms in total. The molecular weight excluding hydrogens is 366 g/mol. The third-order valence-electron chi connectivity index (χ3n) is 4.58. The molecule has 0 aliphatic carbocycles. The van der Waals surface area contributed by atoms with E-state index in [1.807, 2.05) is 13.8 Å². The first-order chi connectivity index (χ1) is 13.4. The van der Waals surface area contributed by atoms with E-state index in [1.165, 1.54) is 24.4 Å². The highest BCUT2D eigenvalue weighted by Crippen LogP contribution is 2.37. The van der Waals surface area contributed by atoms with Gasteiger partial charge in [0.25, 0.3) is 5.91 Å². The number of rotatable bonds is 6. The highest BCUT2D eigenvalue weighted by atomic mass is 19.1. The van der Waals surface area contributed by atoms with E-state index < -0.39 is 23.6 Å². The van der Waals surface area contributed by atoms with Gasteiger partial charge >= 0.3 is 0 Å². The van der Waals surface area contributed by atoms with Gasteiger partial charge in [0, 0.05) is 5.56 Å². The fraction of sp³-hybridized carbons (Fsp3) is 0.286. The van der Waals surface area contributed by atoms with Crippen LogP contribution in [0.5, 0.6) is 5.75 Å². The van der Waals surface area contributed by atoms with Crippen LogP contribution in [0.1, 0.15) is 19.4 Å². The number of ether oxygens (including phenoxy) is 1. The van der Waals surface area contributed by atoms with Crippen molar-refractivity contribution in [3.63, 3.8) is 0 Å². The van der Waals surface area contributed by atoms with Crippen LogP contribution in [0.15, 0.2) is 54.4 Å². The van der Waals surface area contributed by atoms with Gasteiger partial charge in [-0.15, -0.1) is 0 Å². The first-order valence-electron chi connectivity index (χ1n) is 9.00. The van der Waals surface area contributed by atoms with Crippen LogP contribution in [0.25, 0.3) is 0 Å². The van der Waals surface area contributed by atoms with Gasteiger partial charge in [-0.2, -0.15) is 0 Å². The Bertz CT molecular complexity index is 899. The lowest BCUT2D eigenvalue weighted by Crippen LogP contribution is -2.43. The van der Waals surface area contributed by atoms with Crippen molar-refractivity contribution < 1.29 is 23.4 Å². The zero-order valence-electron chi connectivity index (χ0n) is 15.7. The van der Waals surface area contributed by atoms with E-state index in [1.54, 1.807) is 29.2 Å². The first kappa shape index (κ1) is 19.8. The number of carbonyl (C=O) groups is 1. The molecule has 0 saturated carbocycles. The van der Waals surface area contributed by atoms with E-state index in [-0.39, 0.29) is 30.6 Å². The van der Waals surface area contributed by atoms with Gasteiger partial charge < -0.3 is 20.1 Å². The van der Waals surface area contributed by atoms with Crippen molar-refractivity contribution in [2.75, 3.05) is 11.5 Å². The summed E-state index contributed by atoms with van der Waals surface area (Å²) in [4.78, 5) is 14.2. The number of nitrogens with one attached hydrogen (secondary N) is 1. The van der Waals surface area contributed by atoms with Crippen molar-refractivity contribution in [2.24, 2.45) is 5.92 Å². The van der Waals surface area contributed by atoms with Crippen molar-refractivity contribution in [3.8, 4) is 5.75 Å². The smallest absolute Gasteiger partial charge is 0.288 e. The monoisotopic (exact) mass is 388 g/mol. The third kappa shape index (κ3) is 4.14. The second-order valence-corrected chi connectivity index (χ2v) is 6.91. The number of aliphatic hydroxyl groups is 1. The standard InChI is InChI=1S/C21H22F2N2O3/c1-13(2)17(12-26)24-21(27)19-11-25(10-14-6-3-4-7-15(14)22)18-9-5-8-16(23)20(18)28-19/h3-9,11,13,17,26H,10,12H2,1-2H3,(H,24,27). The molecule has 1 atom stereocenters. The van der Waals surface area contributed by atoms with E-state index in [0.717, 1.165) is 0 Å². The van der Waals surface area contributed by atoms with Crippen LogP contribution in [-0.4, -0.2) is 23.7 Å². The number of carbonyl (C=O) groups excluding carboxylic acids is 1. The molecule has 3 rings (SSSR count). The number of halogens is 2. The molecule has 1 aliphatic heterocycles. The van der Waals surface area contributed by atoms with Crippen molar-refractivity contribution in [1.29, 1.82) is 0 Å². The number of hydrogen-bond donors (Lipinski definition) is 2. The Labute approximate surface area is 162 Å². The summed E-state index contributed by atoms with van der Waals surface area (Å²) in [5.74, 6) is -1.84. The van der Waals surface area contributed by atoms with Gasteiger partial charge in [0.15, 0.2) is 11.6 Å². The van der Waals surface area contributed by atoms with E-state index in [9.17, 15) is 18.7 Å². The summed E-state index contributed by atoms with van der Waals surface area (Å²) < 4.78 is 33.9. The molecule has 2 aromatic carbocycles. The number of anilines is 1. The zero-order valence-corrected chi connectivity index (χ0v) is 15.7. The van der Waals surface area contributed by atoms with Crippen LogP contribution in [0.4, 0.5) is 14.5 Å². The molecular formula is C21H22F2N2O3. The number of hydrogen-bond acceptors (Lipinski definition) is 4. The van der Waals surface area contributed by atoms with Crippen LogP contribution < -0.4 is 15.0 Å². The Morgan fingerprint density at radius 2 is 1.86 bits per heavy atom. The summed E-state index contributed by atoms with van der Waals surface area (Å²) in [7, 11) is 0. The molecule has 7 heteroatoms. The Hall–Kier alpha value is -2.93. The molecule has 1 amide bonds. The molecule has 0 aromatic heterocycles. The second kappa shape index (κ2) is 8.39. The molecule has 1 heterocycles. The number of benzene rings is 2. The molecule has 0 saturated heterocycles. The van der Waals surface area contributed by atoms with Crippen LogP contribution in [0, 0.1) is 17.6 Å². The Morgan fingerprint density at radius 1 is 1.14 bits per heavy atom. The SMILES string of the molecule is CC(C)C(CO)NC(=O)C1=CN(Cc2ccccc2F)c2cccc(F)c2O1. The highest BCUT2D eigenvalue weighted by molar-refractivity contribution is 5.93. The Kier molecular flexibility index (Phi) is 5.94. The number of fused-ring (bicyclic) bond motifs is 1. The normalized spacial score (nSPS) is 14.2. The molecule has 0 bridgehead atoms. The van der Waals surface area contributed by atoms with Crippen LogP contribution >= 0.6 is 0 Å². The van der Waals surface area contributed by atoms with E-state index in [2.05, 4.69) is 5.32 Å². The molecule has 0 fully saturated rings. The minimum absolute atomic E-state index is 0.00307. The summed E-state index contributed by atoms with van der Waals surface area (Å²) in [5.41, 5.74) is 0.786. The van der Waals surface area contributed by atoms with Crippen molar-refractivity contribution in [1.82, 2.24) is 5.32 Å². The summed E-state index contributed by atoms with van der Waals surface area (Å²) in [6, 6.07) is 10.2. The Morgan fingerprint density at radius 3 is 2.54 bits per heavy atom. The average molecular weight is 388 g/mol. The second-order valence-electron chi connectivity index (χ2n) is 6.91. The predicted molar refractivity (Wildman–Crippen MR) is 102 cm³/mol. The van der Waals surface area contributed by atoms with E-state index in [0.29, 0.717) is 11.3 Å². The van der Waals surface area contributed by atoms with Gasteiger partial charge in [-0.3, -0.25) is 4.79 Å². The van der Waals surface area contributed by atoms with Crippen LogP contribution in [-0.2, 0) is 11.3 Å². The lowest BCUT2D eigenvalue weighted by atomic mass is 10.1. The van der Waals surface area contributed by atoms with Crippen molar-refractivity contribution in [3.05, 3.63) is 71.6 Å². The lowest BCUT2D eigenvalue weighted by Gasteiger charge is -2.30. The van der Waals surface area contributed by atoms with Crippen molar-refractivity contribution in [2.45, 2.75) is 26.4 Å². The molecule has 0 spiro atoms. The third-order valence-corrected chi connectivity index (χ3v) is 4.58. The highest BCUT2D eigenvalue weighted by Gasteiger charge is 2.28. The summed E-state index contributed by atoms with van der Waals surface area (Å²) in [6.07, 6.45) is 1.41. The maximum atomic E-state index is 14.3. The molecule has 2 aromatic rings. The maximum Gasteiger partial charge on any atom is 0.288 e. The van der Waals surface area contributed by atoms with Gasteiger partial charge in [-0.25, -0.2) is 8.78 Å². The molecule has 2 N–H and O–H groups in total. The lowest BCUT2D eigenvalue weighted by molar-refractivity contribution is -0.121. The maximum absolute atomic E-state index is 14.3. The zero-order chi connectivity index (χ0) is 20.3. The largest absolute Gasteiger partial charge is 0.445 e. The molecule has 28 heavy (non-hydrogen) atoms. The van der Waals surface area contributed by atoms with E-state index in [4.69, 9.17) is 4.74 Å².